The minimum atomic E-state index is -0.928. The number of halogens is 4. The first kappa shape index (κ1) is 69.9. The Labute approximate surface area is 585 Å². The van der Waals surface area contributed by atoms with Crippen LogP contribution in [0.3, 0.4) is 0 Å². The second kappa shape index (κ2) is 30.0. The average Bonchev–Trinajstić information content (AvgIpc) is 0.760. The maximum Gasteiger partial charge on any atom is 0.335 e. The minimum absolute atomic E-state index is 0.0232. The molecule has 0 saturated carbocycles. The molecule has 0 unspecified atom stereocenters. The van der Waals surface area contributed by atoms with Gasteiger partial charge in [0.05, 0.1) is 53.0 Å². The van der Waals surface area contributed by atoms with Gasteiger partial charge in [-0.05, 0) is 137 Å². The van der Waals surface area contributed by atoms with Gasteiger partial charge in [-0.2, -0.15) is 0 Å². The van der Waals surface area contributed by atoms with Crippen LogP contribution in [-0.2, 0) is 11.8 Å². The Bertz CT molecular complexity index is 5150. The zero-order valence-electron chi connectivity index (χ0n) is 56.7. The number of nitrogens with zero attached hydrogens (tertiary/aromatic N) is 7. The number of amides is 2. The van der Waals surface area contributed by atoms with Crippen LogP contribution in [0.5, 0.6) is 57.5 Å². The number of aryl methyl sites for hydroxylation is 1. The zero-order chi connectivity index (χ0) is 72.2. The van der Waals surface area contributed by atoms with Crippen LogP contribution in [0.2, 0.25) is 0 Å². The highest BCUT2D eigenvalue weighted by Gasteiger charge is 2.31. The maximum absolute atomic E-state index is 15.6. The van der Waals surface area contributed by atoms with Gasteiger partial charge in [0.1, 0.15) is 66.8 Å². The van der Waals surface area contributed by atoms with E-state index in [0.717, 1.165) is 101 Å². The van der Waals surface area contributed by atoms with Gasteiger partial charge >= 0.3 is 11.4 Å². The molecule has 0 radical (unpaired) electrons. The number of carbonyl (C=O) groups is 2. The van der Waals surface area contributed by atoms with Crippen molar-refractivity contribution >= 4 is 45.0 Å². The van der Waals surface area contributed by atoms with E-state index in [1.54, 1.807) is 38.1 Å². The second-order valence-corrected chi connectivity index (χ2v) is 25.9. The van der Waals surface area contributed by atoms with Crippen LogP contribution in [0, 0.1) is 28.7 Å². The van der Waals surface area contributed by atoms with E-state index >= 15 is 8.78 Å². The van der Waals surface area contributed by atoms with Crippen molar-refractivity contribution in [3.63, 3.8) is 0 Å². The number of ether oxygens (including phenoxy) is 9. The van der Waals surface area contributed by atoms with Crippen molar-refractivity contribution in [2.45, 2.75) is 71.9 Å². The van der Waals surface area contributed by atoms with Crippen molar-refractivity contribution in [2.24, 2.45) is 12.5 Å². The van der Waals surface area contributed by atoms with E-state index in [0.29, 0.717) is 94.8 Å². The number of rotatable bonds is 18. The summed E-state index contributed by atoms with van der Waals surface area (Å²) < 4.78 is 116. The Hall–Kier alpha value is -11.5. The van der Waals surface area contributed by atoms with Gasteiger partial charge in [-0.25, -0.2) is 36.3 Å². The molecule has 0 aliphatic carbocycles. The van der Waals surface area contributed by atoms with E-state index in [-0.39, 0.29) is 70.6 Å². The molecule has 534 valence electrons. The van der Waals surface area contributed by atoms with Gasteiger partial charge < -0.3 is 62.7 Å². The molecule has 4 aliphatic heterocycles. The van der Waals surface area contributed by atoms with Crippen LogP contribution in [0.4, 0.5) is 28.9 Å². The number of nitrogens with one attached hydrogen (secondary N) is 2. The molecule has 8 heterocycles. The number of hydrogen-bond donors (Lipinski definition) is 2. The van der Waals surface area contributed by atoms with Gasteiger partial charge in [0.15, 0.2) is 46.1 Å². The number of fused-ring (bicyclic) bond motifs is 6. The first-order chi connectivity index (χ1) is 49.6. The lowest BCUT2D eigenvalue weighted by molar-refractivity contribution is 0.0234. The van der Waals surface area contributed by atoms with E-state index in [4.69, 9.17) is 42.6 Å². The summed E-state index contributed by atoms with van der Waals surface area (Å²) in [5, 5.41) is 5.97. The lowest BCUT2D eigenvalue weighted by Gasteiger charge is -2.36. The Kier molecular flexibility index (Phi) is 20.3. The van der Waals surface area contributed by atoms with Gasteiger partial charge in [-0.15, -0.1) is 0 Å². The Morgan fingerprint density at radius 1 is 0.573 bits per heavy atom. The highest BCUT2D eigenvalue weighted by Crippen LogP contribution is 2.51. The van der Waals surface area contributed by atoms with Crippen molar-refractivity contribution in [1.29, 1.82) is 0 Å². The summed E-state index contributed by atoms with van der Waals surface area (Å²) in [6.07, 6.45) is 9.92. The minimum Gasteiger partial charge on any atom is -0.489 e. The van der Waals surface area contributed by atoms with Crippen LogP contribution >= 0.6 is 0 Å². The third kappa shape index (κ3) is 15.3. The van der Waals surface area contributed by atoms with Gasteiger partial charge in [-0.1, -0.05) is 13.8 Å². The molecule has 10 aromatic rings. The SMILES string of the molecule is CC(C)n1cc(C(=O)Nc2ccc(Oc3ccnc4cc(OCCCN5CCC(C)(C)CC5)c5c(c34)OCCO5)c(F)c2)c(=O)n(-c2ccc(F)cc2)c1=O.Cn1cc(C(=O)Nc2ccc(Oc3ccnc4cc(OC5CCOCC5)c5c(c34)OCCO5)c(F)c2)c(=O)n(-c2ccc(F)cc2)c1=O. The largest absolute Gasteiger partial charge is 0.489 e. The molecular formula is C75H71F4N9O15. The van der Waals surface area contributed by atoms with E-state index in [1.165, 1.54) is 85.4 Å². The number of pyridine rings is 2. The second-order valence-electron chi connectivity index (χ2n) is 25.9. The molecule has 2 amide bonds. The van der Waals surface area contributed by atoms with Crippen molar-refractivity contribution in [1.82, 2.24) is 33.1 Å². The highest BCUT2D eigenvalue weighted by atomic mass is 19.1. The summed E-state index contributed by atoms with van der Waals surface area (Å²) in [5.74, 6) is -1.69. The standard InChI is InChI=1S/C41H43F2N5O7.C34H28F2N4O8/c1-25(2)47-24-29(39(50)48(40(47)51)28-9-6-26(42)7-10-28)38(49)45-27-8-11-32(30(43)22-27)55-33-12-15-44-31-23-34(36-37(35(31)33)54-21-20-53-36)52-19-5-16-46-17-13-41(3,4)14-18-46;1-39-18-23(33(42)40(34(39)43)21-5-2-19(35)3-6-21)32(41)38-20-4-7-26(24(36)16-20)48-27-8-11-37-25-17-28(47-22-9-12-44-13-10-22)30-31(29(25)27)46-15-14-45-30/h6-12,15,22-25H,5,13-14,16-21H2,1-4H3,(H,45,49);2-8,11,16-18,22H,9-10,12-15H2,1H3,(H,38,41). The Morgan fingerprint density at radius 3 is 1.55 bits per heavy atom. The molecule has 4 aromatic heterocycles. The fraction of sp³-hybridized carbons (Fsp3) is 0.307. The highest BCUT2D eigenvalue weighted by molar-refractivity contribution is 6.05. The number of likely N-dealkylation sites (tertiary alicyclic amines) is 1. The Morgan fingerprint density at radius 2 is 1.05 bits per heavy atom. The van der Waals surface area contributed by atoms with Crippen LogP contribution in [-0.4, -0.2) is 117 Å². The summed E-state index contributed by atoms with van der Waals surface area (Å²) in [5.41, 5.74) is -2.43. The molecule has 4 aliphatic rings. The van der Waals surface area contributed by atoms with Crippen LogP contribution < -0.4 is 71.0 Å². The van der Waals surface area contributed by atoms with Crippen LogP contribution in [0.1, 0.15) is 86.6 Å². The van der Waals surface area contributed by atoms with Crippen LogP contribution in [0.25, 0.3) is 33.2 Å². The molecule has 14 rings (SSSR count). The van der Waals surface area contributed by atoms with Gasteiger partial charge in [0.25, 0.3) is 22.9 Å². The van der Waals surface area contributed by atoms with Gasteiger partial charge in [-0.3, -0.25) is 33.7 Å². The van der Waals surface area contributed by atoms with Crippen molar-refractivity contribution in [3.8, 4) is 68.9 Å². The first-order valence-electron chi connectivity index (χ1n) is 33.5. The van der Waals surface area contributed by atoms with Crippen molar-refractivity contribution in [2.75, 3.05) is 76.5 Å². The normalized spacial score (nSPS) is 14.9. The summed E-state index contributed by atoms with van der Waals surface area (Å²) in [6, 6.07) is 23.2. The predicted molar refractivity (Wildman–Crippen MR) is 372 cm³/mol. The number of benzene rings is 6. The fourth-order valence-corrected chi connectivity index (χ4v) is 12.3. The van der Waals surface area contributed by atoms with E-state index in [9.17, 15) is 37.5 Å². The molecule has 103 heavy (non-hydrogen) atoms. The number of piperidine rings is 1. The average molecular weight is 1410 g/mol. The van der Waals surface area contributed by atoms with E-state index in [2.05, 4.69) is 39.3 Å². The molecule has 24 nitrogen and oxygen atoms in total. The van der Waals surface area contributed by atoms with Crippen LogP contribution in [0.15, 0.2) is 153 Å². The predicted octanol–water partition coefficient (Wildman–Crippen LogP) is 11.8. The summed E-state index contributed by atoms with van der Waals surface area (Å²) in [4.78, 5) is 90.6. The lowest BCUT2D eigenvalue weighted by Crippen LogP contribution is -2.42. The molecule has 2 N–H and O–H groups in total. The Balaban J connectivity index is 0.000000185. The molecule has 6 aromatic carbocycles. The monoisotopic (exact) mass is 1410 g/mol. The molecule has 2 saturated heterocycles. The molecule has 0 bridgehead atoms. The summed E-state index contributed by atoms with van der Waals surface area (Å²) in [6.45, 7) is 14.1. The summed E-state index contributed by atoms with van der Waals surface area (Å²) in [7, 11) is 1.36. The van der Waals surface area contributed by atoms with Crippen molar-refractivity contribution in [3.05, 3.63) is 210 Å². The van der Waals surface area contributed by atoms with Gasteiger partial charge in [0, 0.05) is 92.9 Å². The number of aromatic nitrogens is 6. The number of carbonyl (C=O) groups excluding carboxylic acids is 2. The third-order valence-electron chi connectivity index (χ3n) is 17.8. The van der Waals surface area contributed by atoms with Gasteiger partial charge in [0.2, 0.25) is 11.5 Å². The lowest BCUT2D eigenvalue weighted by atomic mass is 9.83. The quantitative estimate of drug-likeness (QED) is 0.0597. The smallest absolute Gasteiger partial charge is 0.335 e. The first-order valence-corrected chi connectivity index (χ1v) is 33.5. The number of hydrogen-bond acceptors (Lipinski definition) is 18. The van der Waals surface area contributed by atoms with E-state index < -0.39 is 69.2 Å². The topological polar surface area (TPSA) is 258 Å². The van der Waals surface area contributed by atoms with Crippen molar-refractivity contribution < 1.29 is 69.8 Å². The summed E-state index contributed by atoms with van der Waals surface area (Å²) >= 11 is 0. The molecule has 0 spiro atoms. The van der Waals surface area contributed by atoms with E-state index in [1.807, 2.05) is 0 Å². The number of anilines is 2. The third-order valence-corrected chi connectivity index (χ3v) is 17.8. The zero-order valence-corrected chi connectivity index (χ0v) is 56.7. The molecule has 28 heteroatoms. The fourth-order valence-electron chi connectivity index (χ4n) is 12.3. The maximum atomic E-state index is 15.6. The molecule has 2 fully saturated rings. The molecule has 0 atom stereocenters. The molecular weight excluding hydrogens is 1340 g/mol.